The topological polar surface area (TPSA) is 41.9 Å². The van der Waals surface area contributed by atoms with Crippen LogP contribution in [-0.2, 0) is 0 Å². The van der Waals surface area contributed by atoms with Crippen molar-refractivity contribution in [3.8, 4) is 11.5 Å². The summed E-state index contributed by atoms with van der Waals surface area (Å²) < 4.78 is 10.8. The van der Waals surface area contributed by atoms with Gasteiger partial charge >= 0.3 is 0 Å². The van der Waals surface area contributed by atoms with Crippen LogP contribution in [0.5, 0.6) is 11.5 Å². The van der Waals surface area contributed by atoms with E-state index in [9.17, 15) is 5.11 Å². The zero-order valence-electron chi connectivity index (χ0n) is 11.8. The van der Waals surface area contributed by atoms with E-state index < -0.39 is 5.60 Å². The van der Waals surface area contributed by atoms with Crippen molar-refractivity contribution in [3.05, 3.63) is 24.3 Å². The van der Waals surface area contributed by atoms with Crippen LogP contribution in [0.25, 0.3) is 0 Å². The van der Waals surface area contributed by atoms with Crippen molar-refractivity contribution >= 4 is 0 Å². The Labute approximate surface area is 114 Å². The smallest absolute Gasteiger partial charge is 0.119 e. The lowest BCUT2D eigenvalue weighted by molar-refractivity contribution is -0.105. The third-order valence-electron chi connectivity index (χ3n) is 3.49. The molecule has 1 N–H and O–H groups in total. The number of benzene rings is 1. The van der Waals surface area contributed by atoms with Gasteiger partial charge < -0.3 is 14.6 Å². The van der Waals surface area contributed by atoms with E-state index in [0.717, 1.165) is 44.0 Å². The fourth-order valence-electron chi connectivity index (χ4n) is 2.53. The van der Waals surface area contributed by atoms with E-state index in [1.807, 2.05) is 24.3 Å². The Morgan fingerprint density at radius 1 is 1.21 bits per heavy atom. The predicted molar refractivity (Wildman–Crippen MR) is 74.8 cm³/mol. The van der Waals surface area contributed by atoms with Crippen molar-refractivity contribution < 1.29 is 14.6 Å². The lowest BCUT2D eigenvalue weighted by Crippen LogP contribution is -2.62. The SMILES string of the molecule is CCCC1(O)CN(CCOc2ccc(OC)cc2)C1. The van der Waals surface area contributed by atoms with Crippen LogP contribution in [0.15, 0.2) is 24.3 Å². The van der Waals surface area contributed by atoms with E-state index in [0.29, 0.717) is 6.61 Å². The summed E-state index contributed by atoms with van der Waals surface area (Å²) in [4.78, 5) is 2.22. The molecule has 0 atom stereocenters. The van der Waals surface area contributed by atoms with Crippen LogP contribution in [0.1, 0.15) is 19.8 Å². The fourth-order valence-corrected chi connectivity index (χ4v) is 2.53. The van der Waals surface area contributed by atoms with Crippen molar-refractivity contribution in [1.82, 2.24) is 4.90 Å². The zero-order chi connectivity index (χ0) is 13.7. The first-order valence-electron chi connectivity index (χ1n) is 6.87. The number of hydrogen-bond donors (Lipinski definition) is 1. The summed E-state index contributed by atoms with van der Waals surface area (Å²) >= 11 is 0. The molecule has 1 saturated heterocycles. The summed E-state index contributed by atoms with van der Waals surface area (Å²) in [5, 5.41) is 10.1. The van der Waals surface area contributed by atoms with Crippen LogP contribution in [0, 0.1) is 0 Å². The van der Waals surface area contributed by atoms with Crippen LogP contribution in [-0.4, -0.2) is 49.0 Å². The molecule has 19 heavy (non-hydrogen) atoms. The second-order valence-corrected chi connectivity index (χ2v) is 5.21. The van der Waals surface area contributed by atoms with E-state index >= 15 is 0 Å². The van der Waals surface area contributed by atoms with Crippen LogP contribution in [0.4, 0.5) is 0 Å². The summed E-state index contributed by atoms with van der Waals surface area (Å²) in [5.74, 6) is 1.69. The Bertz CT molecular complexity index is 385. The van der Waals surface area contributed by atoms with Crippen molar-refractivity contribution in [3.63, 3.8) is 0 Å². The summed E-state index contributed by atoms with van der Waals surface area (Å²) in [6.45, 7) is 5.15. The Morgan fingerprint density at radius 2 is 1.84 bits per heavy atom. The number of hydrogen-bond acceptors (Lipinski definition) is 4. The van der Waals surface area contributed by atoms with Gasteiger partial charge in [-0.1, -0.05) is 13.3 Å². The van der Waals surface area contributed by atoms with E-state index in [4.69, 9.17) is 9.47 Å². The summed E-state index contributed by atoms with van der Waals surface area (Å²) in [5.41, 5.74) is -0.450. The summed E-state index contributed by atoms with van der Waals surface area (Å²) in [6.07, 6.45) is 1.93. The van der Waals surface area contributed by atoms with Gasteiger partial charge in [-0.3, -0.25) is 4.90 Å². The first-order chi connectivity index (χ1) is 9.15. The molecular weight excluding hydrogens is 242 g/mol. The molecule has 2 rings (SSSR count). The van der Waals surface area contributed by atoms with E-state index in [1.165, 1.54) is 0 Å². The molecule has 1 fully saturated rings. The highest BCUT2D eigenvalue weighted by Crippen LogP contribution is 2.25. The van der Waals surface area contributed by atoms with Crippen molar-refractivity contribution in [1.29, 1.82) is 0 Å². The molecule has 0 bridgehead atoms. The highest BCUT2D eigenvalue weighted by atomic mass is 16.5. The third kappa shape index (κ3) is 3.85. The molecule has 4 heteroatoms. The Hall–Kier alpha value is -1.26. The second-order valence-electron chi connectivity index (χ2n) is 5.21. The van der Waals surface area contributed by atoms with E-state index in [2.05, 4.69) is 11.8 Å². The lowest BCUT2D eigenvalue weighted by Gasteiger charge is -2.46. The molecule has 0 radical (unpaired) electrons. The molecule has 0 unspecified atom stereocenters. The van der Waals surface area contributed by atoms with Gasteiger partial charge in [-0.2, -0.15) is 0 Å². The van der Waals surface area contributed by atoms with Gasteiger partial charge in [0.1, 0.15) is 18.1 Å². The van der Waals surface area contributed by atoms with E-state index in [-0.39, 0.29) is 0 Å². The number of aliphatic hydroxyl groups is 1. The Kier molecular flexibility index (Phi) is 4.66. The van der Waals surface area contributed by atoms with Crippen LogP contribution in [0.3, 0.4) is 0 Å². The highest BCUT2D eigenvalue weighted by Gasteiger charge is 2.39. The average molecular weight is 265 g/mol. The number of nitrogens with zero attached hydrogens (tertiary/aromatic N) is 1. The first kappa shape index (κ1) is 14.2. The molecule has 0 spiro atoms. The maximum absolute atomic E-state index is 10.1. The fraction of sp³-hybridized carbons (Fsp3) is 0.600. The number of likely N-dealkylation sites (tertiary alicyclic amines) is 1. The molecule has 0 aromatic heterocycles. The monoisotopic (exact) mass is 265 g/mol. The average Bonchev–Trinajstić information content (AvgIpc) is 2.38. The molecule has 1 aliphatic rings. The van der Waals surface area contributed by atoms with Gasteiger partial charge in [-0.25, -0.2) is 0 Å². The normalized spacial score (nSPS) is 17.8. The van der Waals surface area contributed by atoms with Crippen molar-refractivity contribution in [2.75, 3.05) is 33.4 Å². The maximum atomic E-state index is 10.1. The predicted octanol–water partition coefficient (Wildman–Crippen LogP) is 1.92. The quantitative estimate of drug-likeness (QED) is 0.818. The minimum Gasteiger partial charge on any atom is -0.497 e. The molecule has 4 nitrogen and oxygen atoms in total. The molecule has 1 heterocycles. The molecule has 0 amide bonds. The lowest BCUT2D eigenvalue weighted by atomic mass is 9.89. The minimum atomic E-state index is -0.450. The van der Waals surface area contributed by atoms with E-state index in [1.54, 1.807) is 7.11 Å². The molecular formula is C15H23NO3. The largest absolute Gasteiger partial charge is 0.497 e. The molecule has 106 valence electrons. The van der Waals surface area contributed by atoms with Crippen molar-refractivity contribution in [2.45, 2.75) is 25.4 Å². The summed E-state index contributed by atoms with van der Waals surface area (Å²) in [6, 6.07) is 7.59. The van der Waals surface area contributed by atoms with Gasteiger partial charge in [-0.05, 0) is 30.7 Å². The zero-order valence-corrected chi connectivity index (χ0v) is 11.8. The molecule has 0 aliphatic carbocycles. The molecule has 1 aromatic rings. The third-order valence-corrected chi connectivity index (χ3v) is 3.49. The van der Waals surface area contributed by atoms with Crippen LogP contribution in [0.2, 0.25) is 0 Å². The summed E-state index contributed by atoms with van der Waals surface area (Å²) in [7, 11) is 1.65. The van der Waals surface area contributed by atoms with Gasteiger partial charge in [0.2, 0.25) is 0 Å². The van der Waals surface area contributed by atoms with Crippen LogP contribution >= 0.6 is 0 Å². The van der Waals surface area contributed by atoms with Gasteiger partial charge in [-0.15, -0.1) is 0 Å². The number of rotatable bonds is 7. The number of β-amino-alcohol motifs (C(OH)–C–C–N with tert-alkyl or cyclic N) is 1. The number of methoxy groups -OCH3 is 1. The maximum Gasteiger partial charge on any atom is 0.119 e. The van der Waals surface area contributed by atoms with Crippen molar-refractivity contribution in [2.24, 2.45) is 0 Å². The van der Waals surface area contributed by atoms with Gasteiger partial charge in [0.05, 0.1) is 12.7 Å². The first-order valence-corrected chi connectivity index (χ1v) is 6.87. The standard InChI is InChI=1S/C15H23NO3/c1-3-8-15(17)11-16(12-15)9-10-19-14-6-4-13(18-2)5-7-14/h4-7,17H,3,8-12H2,1-2H3. The van der Waals surface area contributed by atoms with Gasteiger partial charge in [0.25, 0.3) is 0 Å². The molecule has 1 aromatic carbocycles. The van der Waals surface area contributed by atoms with Gasteiger partial charge in [0.15, 0.2) is 0 Å². The van der Waals surface area contributed by atoms with Gasteiger partial charge in [0, 0.05) is 19.6 Å². The molecule has 1 aliphatic heterocycles. The highest BCUT2D eigenvalue weighted by molar-refractivity contribution is 5.31. The molecule has 0 saturated carbocycles. The Morgan fingerprint density at radius 3 is 2.42 bits per heavy atom. The second kappa shape index (κ2) is 6.26. The minimum absolute atomic E-state index is 0.450. The number of ether oxygens (including phenoxy) is 2. The Balaban J connectivity index is 1.65. The van der Waals surface area contributed by atoms with Crippen LogP contribution < -0.4 is 9.47 Å².